The average Bonchev–Trinajstić information content (AvgIpc) is 3.05. The van der Waals surface area contributed by atoms with Crippen molar-refractivity contribution in [2.45, 2.75) is 30.4 Å². The van der Waals surface area contributed by atoms with Gasteiger partial charge >= 0.3 is 0 Å². The second kappa shape index (κ2) is 9.11. The summed E-state index contributed by atoms with van der Waals surface area (Å²) < 4.78 is 0.913. The maximum Gasteiger partial charge on any atom is 0.230 e. The molecule has 0 fully saturated rings. The Bertz CT molecular complexity index is 952. The molecule has 1 heterocycles. The lowest BCUT2D eigenvalue weighted by Crippen LogP contribution is -2.16. The Hall–Kier alpha value is -1.53. The zero-order valence-electron chi connectivity index (χ0n) is 14.9. The first-order chi connectivity index (χ1) is 12.9. The lowest BCUT2D eigenvalue weighted by molar-refractivity contribution is -0.115. The third-order valence-electron chi connectivity index (χ3n) is 3.98. The minimum atomic E-state index is -0.0602. The summed E-state index contributed by atoms with van der Waals surface area (Å²) in [4.78, 5) is 16.9. The molecule has 140 valence electrons. The van der Waals surface area contributed by atoms with Gasteiger partial charge in [0.25, 0.3) is 0 Å². The van der Waals surface area contributed by atoms with Crippen LogP contribution in [0.5, 0.6) is 0 Å². The molecule has 3 nitrogen and oxygen atoms in total. The summed E-state index contributed by atoms with van der Waals surface area (Å²) in [6, 6.07) is 11.4. The summed E-state index contributed by atoms with van der Waals surface area (Å²) in [6.45, 7) is 3.98. The molecule has 1 N–H and O–H groups in total. The highest BCUT2D eigenvalue weighted by Gasteiger charge is 2.11. The van der Waals surface area contributed by atoms with E-state index in [1.54, 1.807) is 17.8 Å². The Morgan fingerprint density at radius 1 is 1.19 bits per heavy atom. The molecular formula is C20H18Cl2N2OS2. The SMILES string of the molecule is Cc1cccc(C)c1NC(=O)Cc1csc(SCc2ccc(Cl)cc2Cl)n1. The van der Waals surface area contributed by atoms with Crippen LogP contribution in [0, 0.1) is 13.8 Å². The molecule has 0 atom stereocenters. The van der Waals surface area contributed by atoms with E-state index in [-0.39, 0.29) is 12.3 Å². The monoisotopic (exact) mass is 436 g/mol. The van der Waals surface area contributed by atoms with Crippen molar-refractivity contribution >= 4 is 57.9 Å². The fourth-order valence-electron chi connectivity index (χ4n) is 2.57. The Morgan fingerprint density at radius 3 is 2.63 bits per heavy atom. The van der Waals surface area contributed by atoms with Crippen LogP contribution < -0.4 is 5.32 Å². The van der Waals surface area contributed by atoms with E-state index in [0.29, 0.717) is 15.8 Å². The highest BCUT2D eigenvalue weighted by molar-refractivity contribution is 8.00. The molecule has 0 saturated heterocycles. The molecule has 1 aromatic heterocycles. The molecular weight excluding hydrogens is 419 g/mol. The highest BCUT2D eigenvalue weighted by Crippen LogP contribution is 2.30. The Morgan fingerprint density at radius 2 is 1.93 bits per heavy atom. The van der Waals surface area contributed by atoms with E-state index in [1.165, 1.54) is 11.3 Å². The topological polar surface area (TPSA) is 42.0 Å². The number of hydrogen-bond donors (Lipinski definition) is 1. The third-order valence-corrected chi connectivity index (χ3v) is 6.69. The molecule has 0 saturated carbocycles. The number of thiazole rings is 1. The van der Waals surface area contributed by atoms with Crippen LogP contribution in [-0.4, -0.2) is 10.9 Å². The van der Waals surface area contributed by atoms with Crippen LogP contribution in [0.1, 0.15) is 22.4 Å². The van der Waals surface area contributed by atoms with Gasteiger partial charge in [0.1, 0.15) is 4.34 Å². The molecule has 0 aliphatic carbocycles. The van der Waals surface area contributed by atoms with E-state index in [9.17, 15) is 4.79 Å². The smallest absolute Gasteiger partial charge is 0.230 e. The van der Waals surface area contributed by atoms with E-state index in [1.807, 2.05) is 49.6 Å². The van der Waals surface area contributed by atoms with Crippen molar-refractivity contribution in [2.75, 3.05) is 5.32 Å². The van der Waals surface area contributed by atoms with Crippen molar-refractivity contribution < 1.29 is 4.79 Å². The van der Waals surface area contributed by atoms with Gasteiger partial charge in [-0.05, 0) is 42.7 Å². The summed E-state index contributed by atoms with van der Waals surface area (Å²) in [5, 5.41) is 6.20. The minimum Gasteiger partial charge on any atom is -0.325 e. The van der Waals surface area contributed by atoms with Crippen LogP contribution in [-0.2, 0) is 17.0 Å². The standard InChI is InChI=1S/C20H18Cl2N2OS2/c1-12-4-3-5-13(2)19(12)24-18(25)9-16-11-27-20(23-16)26-10-14-6-7-15(21)8-17(14)22/h3-8,11H,9-10H2,1-2H3,(H,24,25). The van der Waals surface area contributed by atoms with Crippen molar-refractivity contribution in [1.82, 2.24) is 4.98 Å². The van der Waals surface area contributed by atoms with Crippen LogP contribution >= 0.6 is 46.3 Å². The van der Waals surface area contributed by atoms with Gasteiger partial charge < -0.3 is 5.32 Å². The summed E-state index contributed by atoms with van der Waals surface area (Å²) in [5.41, 5.74) is 4.77. The number of anilines is 1. The van der Waals surface area contributed by atoms with E-state index in [0.717, 1.165) is 32.4 Å². The number of carbonyl (C=O) groups is 1. The van der Waals surface area contributed by atoms with Crippen molar-refractivity contribution in [1.29, 1.82) is 0 Å². The Balaban J connectivity index is 1.58. The van der Waals surface area contributed by atoms with Gasteiger partial charge in [0, 0.05) is 26.9 Å². The molecule has 0 radical (unpaired) electrons. The number of halogens is 2. The van der Waals surface area contributed by atoms with E-state index in [2.05, 4.69) is 10.3 Å². The predicted molar refractivity (Wildman–Crippen MR) is 116 cm³/mol. The summed E-state index contributed by atoms with van der Waals surface area (Å²) in [7, 11) is 0. The molecule has 2 aromatic carbocycles. The van der Waals surface area contributed by atoms with Crippen molar-refractivity contribution in [3.05, 3.63) is 74.2 Å². The number of para-hydroxylation sites is 1. The molecule has 0 aliphatic rings. The van der Waals surface area contributed by atoms with Gasteiger partial charge in [0.15, 0.2) is 0 Å². The second-order valence-electron chi connectivity index (χ2n) is 6.12. The average molecular weight is 437 g/mol. The van der Waals surface area contributed by atoms with Gasteiger partial charge in [0.05, 0.1) is 12.1 Å². The van der Waals surface area contributed by atoms with Gasteiger partial charge in [-0.15, -0.1) is 11.3 Å². The number of nitrogens with one attached hydrogen (secondary N) is 1. The summed E-state index contributed by atoms with van der Waals surface area (Å²) in [5.74, 6) is 0.646. The van der Waals surface area contributed by atoms with Gasteiger partial charge in [-0.2, -0.15) is 0 Å². The molecule has 0 unspecified atom stereocenters. The van der Waals surface area contributed by atoms with Crippen LogP contribution in [0.3, 0.4) is 0 Å². The van der Waals surface area contributed by atoms with Crippen molar-refractivity contribution in [2.24, 2.45) is 0 Å². The molecule has 0 aliphatic heterocycles. The largest absolute Gasteiger partial charge is 0.325 e. The quantitative estimate of drug-likeness (QED) is 0.445. The number of aryl methyl sites for hydroxylation is 2. The number of hydrogen-bond acceptors (Lipinski definition) is 4. The second-order valence-corrected chi connectivity index (χ2v) is 9.05. The lowest BCUT2D eigenvalue weighted by atomic mass is 10.1. The van der Waals surface area contributed by atoms with Crippen molar-refractivity contribution in [3.8, 4) is 0 Å². The van der Waals surface area contributed by atoms with Crippen LogP contribution in [0.2, 0.25) is 10.0 Å². The number of aromatic nitrogens is 1. The van der Waals surface area contributed by atoms with Gasteiger partial charge in [-0.25, -0.2) is 4.98 Å². The number of amides is 1. The van der Waals surface area contributed by atoms with E-state index < -0.39 is 0 Å². The highest BCUT2D eigenvalue weighted by atomic mass is 35.5. The fraction of sp³-hybridized carbons (Fsp3) is 0.200. The zero-order valence-corrected chi connectivity index (χ0v) is 18.0. The molecule has 0 spiro atoms. The Labute approximate surface area is 177 Å². The Kier molecular flexibility index (Phi) is 6.82. The predicted octanol–water partition coefficient (Wildman–Crippen LogP) is 6.54. The summed E-state index contributed by atoms with van der Waals surface area (Å²) >= 11 is 15.3. The third kappa shape index (κ3) is 5.48. The zero-order chi connectivity index (χ0) is 19.4. The van der Waals surface area contributed by atoms with E-state index >= 15 is 0 Å². The van der Waals surface area contributed by atoms with Crippen LogP contribution in [0.15, 0.2) is 46.1 Å². The van der Waals surface area contributed by atoms with Crippen LogP contribution in [0.4, 0.5) is 5.69 Å². The maximum atomic E-state index is 12.4. The summed E-state index contributed by atoms with van der Waals surface area (Å²) in [6.07, 6.45) is 0.256. The first kappa shape index (κ1) is 20.2. The first-order valence-corrected chi connectivity index (χ1v) is 10.9. The molecule has 1 amide bonds. The molecule has 27 heavy (non-hydrogen) atoms. The minimum absolute atomic E-state index is 0.0602. The molecule has 0 bridgehead atoms. The number of carbonyl (C=O) groups excluding carboxylic acids is 1. The van der Waals surface area contributed by atoms with Gasteiger partial charge in [-0.3, -0.25) is 4.79 Å². The first-order valence-electron chi connectivity index (χ1n) is 8.29. The van der Waals surface area contributed by atoms with Crippen molar-refractivity contribution in [3.63, 3.8) is 0 Å². The normalized spacial score (nSPS) is 10.8. The number of thioether (sulfide) groups is 1. The van der Waals surface area contributed by atoms with Crippen LogP contribution in [0.25, 0.3) is 0 Å². The van der Waals surface area contributed by atoms with E-state index in [4.69, 9.17) is 23.2 Å². The molecule has 3 aromatic rings. The molecule has 3 rings (SSSR count). The van der Waals surface area contributed by atoms with Gasteiger partial charge in [0.2, 0.25) is 5.91 Å². The lowest BCUT2D eigenvalue weighted by Gasteiger charge is -2.10. The number of rotatable bonds is 6. The fourth-order valence-corrected chi connectivity index (χ4v) is 4.98. The number of nitrogens with zero attached hydrogens (tertiary/aromatic N) is 1. The maximum absolute atomic E-state index is 12.4. The molecule has 7 heteroatoms. The van der Waals surface area contributed by atoms with Gasteiger partial charge in [-0.1, -0.05) is 59.2 Å². The number of benzene rings is 2.